The number of benzene rings is 1. The van der Waals surface area contributed by atoms with Gasteiger partial charge in [-0.15, -0.1) is 0 Å². The van der Waals surface area contributed by atoms with Crippen molar-refractivity contribution >= 4 is 29.6 Å². The molecular formula is C31H31N3O6. The molecular weight excluding hydrogens is 510 g/mol. The molecule has 40 heavy (non-hydrogen) atoms. The van der Waals surface area contributed by atoms with Gasteiger partial charge in [0.25, 0.3) is 5.91 Å². The molecule has 9 heteroatoms. The SMILES string of the molecule is O=C(OCC(=O)N1N=C2/C(=C/c3ccco3)CCC[C@@H]2[C@@H]1c1ccco1)[C@@H]1CC(=O)N(CCc2ccccc2)C1. The highest BCUT2D eigenvalue weighted by Crippen LogP contribution is 2.44. The van der Waals surface area contributed by atoms with Crippen LogP contribution < -0.4 is 0 Å². The number of carbonyl (C=O) groups excluding carboxylic acids is 3. The van der Waals surface area contributed by atoms with E-state index in [2.05, 4.69) is 0 Å². The number of nitrogens with zero attached hydrogens (tertiary/aromatic N) is 3. The summed E-state index contributed by atoms with van der Waals surface area (Å²) in [6.07, 6.45) is 8.61. The number of ether oxygens (including phenoxy) is 1. The monoisotopic (exact) mass is 541 g/mol. The average Bonchev–Trinajstić information content (AvgIpc) is 3.78. The van der Waals surface area contributed by atoms with Crippen LogP contribution in [0.25, 0.3) is 6.08 Å². The van der Waals surface area contributed by atoms with Gasteiger partial charge in [0.05, 0.1) is 24.2 Å². The fraction of sp³-hybridized carbons (Fsp3) is 0.355. The number of likely N-dealkylation sites (tertiary alicyclic amines) is 1. The van der Waals surface area contributed by atoms with Crippen LogP contribution in [0.2, 0.25) is 0 Å². The van der Waals surface area contributed by atoms with Crippen LogP contribution in [0.4, 0.5) is 0 Å². The van der Waals surface area contributed by atoms with Gasteiger partial charge in [0.1, 0.15) is 17.6 Å². The Balaban J connectivity index is 1.11. The zero-order chi connectivity index (χ0) is 27.5. The molecule has 6 rings (SSSR count). The lowest BCUT2D eigenvalue weighted by Gasteiger charge is -2.27. The van der Waals surface area contributed by atoms with Crippen LogP contribution in [0.3, 0.4) is 0 Å². The van der Waals surface area contributed by atoms with E-state index in [9.17, 15) is 14.4 Å². The van der Waals surface area contributed by atoms with Crippen molar-refractivity contribution in [3.05, 3.63) is 89.8 Å². The summed E-state index contributed by atoms with van der Waals surface area (Å²) >= 11 is 0. The molecule has 3 aromatic rings. The van der Waals surface area contributed by atoms with E-state index in [-0.39, 0.29) is 18.2 Å². The second-order valence-corrected chi connectivity index (χ2v) is 10.5. The number of amides is 2. The summed E-state index contributed by atoms with van der Waals surface area (Å²) in [6, 6.07) is 16.8. The average molecular weight is 542 g/mol. The molecule has 1 saturated heterocycles. The Morgan fingerprint density at radius 3 is 2.65 bits per heavy atom. The highest BCUT2D eigenvalue weighted by Gasteiger charge is 2.45. The number of hydrogen-bond donors (Lipinski definition) is 0. The lowest BCUT2D eigenvalue weighted by molar-refractivity contribution is -0.156. The molecule has 9 nitrogen and oxygen atoms in total. The van der Waals surface area contributed by atoms with E-state index >= 15 is 0 Å². The van der Waals surface area contributed by atoms with Crippen LogP contribution in [-0.2, 0) is 25.5 Å². The van der Waals surface area contributed by atoms with Crippen molar-refractivity contribution in [3.8, 4) is 0 Å². The minimum Gasteiger partial charge on any atom is -0.467 e. The molecule has 0 spiro atoms. The van der Waals surface area contributed by atoms with Crippen molar-refractivity contribution in [2.75, 3.05) is 19.7 Å². The number of esters is 1. The number of hydrogen-bond acceptors (Lipinski definition) is 7. The first kappa shape index (κ1) is 25.9. The number of furan rings is 2. The van der Waals surface area contributed by atoms with Gasteiger partial charge in [-0.2, -0.15) is 5.10 Å². The molecule has 206 valence electrons. The quantitative estimate of drug-likeness (QED) is 0.385. The molecule has 2 amide bonds. The first-order valence-electron chi connectivity index (χ1n) is 13.7. The Morgan fingerprint density at radius 2 is 1.88 bits per heavy atom. The summed E-state index contributed by atoms with van der Waals surface area (Å²) in [7, 11) is 0. The van der Waals surface area contributed by atoms with Crippen molar-refractivity contribution in [2.45, 2.75) is 38.1 Å². The number of fused-ring (bicyclic) bond motifs is 1. The van der Waals surface area contributed by atoms with Gasteiger partial charge < -0.3 is 18.5 Å². The fourth-order valence-electron chi connectivity index (χ4n) is 5.86. The Kier molecular flexibility index (Phi) is 7.35. The summed E-state index contributed by atoms with van der Waals surface area (Å²) < 4.78 is 16.7. The summed E-state index contributed by atoms with van der Waals surface area (Å²) in [6.45, 7) is 0.380. The molecule has 3 aliphatic rings. The standard InChI is InChI=1S/C31H31N3O6/c35-27-18-23(19-33(27)14-13-21-7-2-1-3-8-21)31(37)40-20-28(36)34-30(26-12-6-16-39-26)25-11-4-9-22(29(25)32-34)17-24-10-5-15-38-24/h1-3,5-8,10,12,15-17,23,25,30H,4,9,11,13-14,18-20H2/b22-17+/t23-,25+,30-/m1/s1. The van der Waals surface area contributed by atoms with E-state index in [1.807, 2.05) is 54.6 Å². The molecule has 3 atom stereocenters. The molecule has 2 fully saturated rings. The molecule has 0 N–H and O–H groups in total. The van der Waals surface area contributed by atoms with Crippen molar-refractivity contribution in [3.63, 3.8) is 0 Å². The summed E-state index contributed by atoms with van der Waals surface area (Å²) in [5.41, 5.74) is 2.99. The van der Waals surface area contributed by atoms with Gasteiger partial charge >= 0.3 is 5.97 Å². The molecule has 1 saturated carbocycles. The number of rotatable bonds is 8. The van der Waals surface area contributed by atoms with Crippen LogP contribution in [0.1, 0.15) is 48.8 Å². The highest BCUT2D eigenvalue weighted by molar-refractivity contribution is 6.08. The maximum absolute atomic E-state index is 13.4. The predicted octanol–water partition coefficient (Wildman–Crippen LogP) is 4.63. The van der Waals surface area contributed by atoms with Gasteiger partial charge in [0.2, 0.25) is 5.91 Å². The van der Waals surface area contributed by atoms with Crippen LogP contribution in [-0.4, -0.2) is 53.1 Å². The van der Waals surface area contributed by atoms with E-state index < -0.39 is 30.4 Å². The third-order valence-corrected chi connectivity index (χ3v) is 7.85. The molecule has 0 bridgehead atoms. The highest BCUT2D eigenvalue weighted by atomic mass is 16.5. The van der Waals surface area contributed by atoms with E-state index in [1.54, 1.807) is 23.5 Å². The molecule has 2 aromatic heterocycles. The zero-order valence-corrected chi connectivity index (χ0v) is 22.1. The van der Waals surface area contributed by atoms with Gasteiger partial charge in [-0.1, -0.05) is 30.3 Å². The van der Waals surface area contributed by atoms with Crippen molar-refractivity contribution in [1.29, 1.82) is 0 Å². The minimum atomic E-state index is -0.591. The van der Waals surface area contributed by atoms with E-state index in [0.717, 1.165) is 41.9 Å². The Bertz CT molecular complexity index is 1410. The lowest BCUT2D eigenvalue weighted by Crippen LogP contribution is -2.35. The fourth-order valence-corrected chi connectivity index (χ4v) is 5.86. The zero-order valence-electron chi connectivity index (χ0n) is 22.1. The topological polar surface area (TPSA) is 106 Å². The molecule has 0 unspecified atom stereocenters. The normalized spacial score (nSPS) is 23.4. The van der Waals surface area contributed by atoms with Crippen molar-refractivity contribution < 1.29 is 28.0 Å². The van der Waals surface area contributed by atoms with Crippen molar-refractivity contribution in [2.24, 2.45) is 16.9 Å². The third kappa shape index (κ3) is 5.36. The van der Waals surface area contributed by atoms with Crippen LogP contribution >= 0.6 is 0 Å². The third-order valence-electron chi connectivity index (χ3n) is 7.85. The van der Waals surface area contributed by atoms with Gasteiger partial charge in [-0.05, 0) is 67.2 Å². The largest absolute Gasteiger partial charge is 0.467 e. The van der Waals surface area contributed by atoms with E-state index in [4.69, 9.17) is 18.7 Å². The molecule has 2 aliphatic heterocycles. The lowest BCUT2D eigenvalue weighted by atomic mass is 9.79. The maximum atomic E-state index is 13.4. The van der Waals surface area contributed by atoms with Gasteiger partial charge in [0, 0.05) is 25.4 Å². The predicted molar refractivity (Wildman–Crippen MR) is 146 cm³/mol. The van der Waals surface area contributed by atoms with Gasteiger partial charge in [0.15, 0.2) is 6.61 Å². The number of allylic oxidation sites excluding steroid dienone is 1. The second-order valence-electron chi connectivity index (χ2n) is 10.5. The molecule has 1 aromatic carbocycles. The molecule has 0 radical (unpaired) electrons. The summed E-state index contributed by atoms with van der Waals surface area (Å²) in [4.78, 5) is 40.5. The van der Waals surface area contributed by atoms with Crippen LogP contribution in [0, 0.1) is 11.8 Å². The number of carbonyl (C=O) groups is 3. The van der Waals surface area contributed by atoms with Crippen LogP contribution in [0.15, 0.2) is 86.6 Å². The summed E-state index contributed by atoms with van der Waals surface area (Å²) in [5.74, 6) is -0.305. The van der Waals surface area contributed by atoms with Crippen LogP contribution in [0.5, 0.6) is 0 Å². The van der Waals surface area contributed by atoms with E-state index in [0.29, 0.717) is 25.3 Å². The second kappa shape index (κ2) is 11.4. The Hall–Kier alpha value is -4.40. The first-order chi connectivity index (χ1) is 19.6. The maximum Gasteiger partial charge on any atom is 0.311 e. The first-order valence-corrected chi connectivity index (χ1v) is 13.7. The minimum absolute atomic E-state index is 0.0357. The number of hydrazone groups is 1. The Morgan fingerprint density at radius 1 is 1.05 bits per heavy atom. The molecule has 4 heterocycles. The van der Waals surface area contributed by atoms with Gasteiger partial charge in [-0.25, -0.2) is 5.01 Å². The van der Waals surface area contributed by atoms with Gasteiger partial charge in [-0.3, -0.25) is 14.4 Å². The van der Waals surface area contributed by atoms with Crippen molar-refractivity contribution in [1.82, 2.24) is 9.91 Å². The van der Waals surface area contributed by atoms with E-state index in [1.165, 1.54) is 5.01 Å². The smallest absolute Gasteiger partial charge is 0.311 e. The molecule has 1 aliphatic carbocycles. The Labute approximate surface area is 232 Å². The summed E-state index contributed by atoms with van der Waals surface area (Å²) in [5, 5.41) is 6.14.